The van der Waals surface area contributed by atoms with E-state index in [-0.39, 0.29) is 0 Å². The van der Waals surface area contributed by atoms with E-state index in [1.54, 1.807) is 12.1 Å². The van der Waals surface area contributed by atoms with Crippen molar-refractivity contribution >= 4 is 5.69 Å². The molecule has 0 saturated carbocycles. The largest absolute Gasteiger partial charge is 0.505 e. The monoisotopic (exact) mass is 388 g/mol. The molecule has 1 aromatic heterocycles. The summed E-state index contributed by atoms with van der Waals surface area (Å²) in [6, 6.07) is 12.0. The van der Waals surface area contributed by atoms with Crippen LogP contribution in [0, 0.1) is 6.57 Å². The fourth-order valence-corrected chi connectivity index (χ4v) is 3.86. The quantitative estimate of drug-likeness (QED) is 0.554. The van der Waals surface area contributed by atoms with Crippen LogP contribution in [0.5, 0.6) is 5.75 Å². The van der Waals surface area contributed by atoms with Crippen molar-refractivity contribution in [2.24, 2.45) is 0 Å². The molecule has 148 valence electrons. The standard InChI is InChI=1S/C23H24N4O2/c1-4-13-25-19-11-10-16-17(19)7-6-8-18(16)22-26-23(29-27-22)15-9-12-21(28-5-2)20(14-15)24-3/h6-9,12,14,19,25H,4-5,10-11,13H2,1-2H3. The number of benzene rings is 2. The van der Waals surface area contributed by atoms with Crippen molar-refractivity contribution < 1.29 is 9.26 Å². The summed E-state index contributed by atoms with van der Waals surface area (Å²) in [5.74, 6) is 1.56. The summed E-state index contributed by atoms with van der Waals surface area (Å²) in [4.78, 5) is 8.17. The average Bonchev–Trinajstić information content (AvgIpc) is 3.40. The number of hydrogen-bond acceptors (Lipinski definition) is 5. The van der Waals surface area contributed by atoms with E-state index < -0.39 is 0 Å². The highest BCUT2D eigenvalue weighted by atomic mass is 16.5. The second-order valence-electron chi connectivity index (χ2n) is 7.07. The summed E-state index contributed by atoms with van der Waals surface area (Å²) in [6.07, 6.45) is 3.21. The zero-order valence-corrected chi connectivity index (χ0v) is 16.7. The van der Waals surface area contributed by atoms with Crippen molar-refractivity contribution in [1.29, 1.82) is 0 Å². The molecular weight excluding hydrogens is 364 g/mol. The first kappa shape index (κ1) is 19.2. The Morgan fingerprint density at radius 3 is 2.97 bits per heavy atom. The Hall–Kier alpha value is -3.17. The van der Waals surface area contributed by atoms with Crippen molar-refractivity contribution in [2.45, 2.75) is 39.2 Å². The van der Waals surface area contributed by atoms with Crippen LogP contribution in [0.3, 0.4) is 0 Å². The smallest absolute Gasteiger partial charge is 0.256 e. The molecule has 29 heavy (non-hydrogen) atoms. The van der Waals surface area contributed by atoms with Gasteiger partial charge in [0, 0.05) is 17.2 Å². The van der Waals surface area contributed by atoms with Gasteiger partial charge in [-0.2, -0.15) is 4.98 Å². The summed E-state index contributed by atoms with van der Waals surface area (Å²) < 4.78 is 11.0. The van der Waals surface area contributed by atoms with E-state index in [9.17, 15) is 0 Å². The molecule has 0 bridgehead atoms. The first-order valence-electron chi connectivity index (χ1n) is 10.1. The Bertz CT molecular complexity index is 1050. The predicted molar refractivity (Wildman–Crippen MR) is 112 cm³/mol. The Balaban J connectivity index is 1.64. The van der Waals surface area contributed by atoms with Crippen molar-refractivity contribution in [3.05, 3.63) is 58.9 Å². The van der Waals surface area contributed by atoms with Crippen molar-refractivity contribution in [1.82, 2.24) is 15.5 Å². The van der Waals surface area contributed by atoms with E-state index in [1.807, 2.05) is 13.0 Å². The third-order valence-electron chi connectivity index (χ3n) is 5.20. The fraction of sp³-hybridized carbons (Fsp3) is 0.348. The van der Waals surface area contributed by atoms with Gasteiger partial charge in [-0.25, -0.2) is 4.85 Å². The maximum atomic E-state index is 7.38. The van der Waals surface area contributed by atoms with Crippen molar-refractivity contribution in [2.75, 3.05) is 13.2 Å². The van der Waals surface area contributed by atoms with Gasteiger partial charge < -0.3 is 14.6 Å². The molecule has 1 unspecified atom stereocenters. The minimum Gasteiger partial charge on any atom is -0.505 e. The lowest BCUT2D eigenvalue weighted by Crippen LogP contribution is -2.19. The fourth-order valence-electron chi connectivity index (χ4n) is 3.86. The highest BCUT2D eigenvalue weighted by Gasteiger charge is 2.26. The van der Waals surface area contributed by atoms with Crippen LogP contribution in [0.4, 0.5) is 5.69 Å². The van der Waals surface area contributed by atoms with E-state index in [4.69, 9.17) is 15.8 Å². The maximum Gasteiger partial charge on any atom is 0.256 e. The number of ether oxygens (including phenoxy) is 1. The molecule has 1 aliphatic carbocycles. The molecule has 0 amide bonds. The van der Waals surface area contributed by atoms with E-state index in [1.165, 1.54) is 11.1 Å². The lowest BCUT2D eigenvalue weighted by atomic mass is 10.0. The van der Waals surface area contributed by atoms with Gasteiger partial charge in [-0.05, 0) is 62.1 Å². The van der Waals surface area contributed by atoms with Gasteiger partial charge in [0.1, 0.15) is 5.75 Å². The van der Waals surface area contributed by atoms with Crippen LogP contribution in [0.1, 0.15) is 43.9 Å². The number of nitrogens with one attached hydrogen (secondary N) is 1. The normalized spacial score (nSPS) is 15.1. The maximum absolute atomic E-state index is 7.38. The molecule has 0 spiro atoms. The molecule has 6 heteroatoms. The number of nitrogens with zero attached hydrogens (tertiary/aromatic N) is 3. The summed E-state index contributed by atoms with van der Waals surface area (Å²) in [7, 11) is 0. The zero-order valence-electron chi connectivity index (χ0n) is 16.7. The van der Waals surface area contributed by atoms with Gasteiger partial charge in [0.2, 0.25) is 11.5 Å². The van der Waals surface area contributed by atoms with Gasteiger partial charge >= 0.3 is 0 Å². The van der Waals surface area contributed by atoms with Crippen molar-refractivity contribution in [3.63, 3.8) is 0 Å². The number of hydrogen-bond donors (Lipinski definition) is 1. The van der Waals surface area contributed by atoms with Crippen LogP contribution in [-0.2, 0) is 6.42 Å². The summed E-state index contributed by atoms with van der Waals surface area (Å²) >= 11 is 0. The molecule has 6 nitrogen and oxygen atoms in total. The van der Waals surface area contributed by atoms with Gasteiger partial charge in [0.25, 0.3) is 5.89 Å². The summed E-state index contributed by atoms with van der Waals surface area (Å²) in [5, 5.41) is 7.85. The number of fused-ring (bicyclic) bond motifs is 1. The molecule has 0 fully saturated rings. The highest BCUT2D eigenvalue weighted by molar-refractivity contribution is 5.70. The van der Waals surface area contributed by atoms with Crippen LogP contribution in [0.25, 0.3) is 27.7 Å². The van der Waals surface area contributed by atoms with Crippen LogP contribution in [0.2, 0.25) is 0 Å². The lowest BCUT2D eigenvalue weighted by Gasteiger charge is -2.13. The lowest BCUT2D eigenvalue weighted by molar-refractivity contribution is 0.342. The van der Waals surface area contributed by atoms with Gasteiger partial charge in [-0.1, -0.05) is 30.3 Å². The van der Waals surface area contributed by atoms with Crippen LogP contribution < -0.4 is 10.1 Å². The van der Waals surface area contributed by atoms with E-state index in [2.05, 4.69) is 45.4 Å². The summed E-state index contributed by atoms with van der Waals surface area (Å²) in [6.45, 7) is 13.0. The predicted octanol–water partition coefficient (Wildman–Crippen LogP) is 5.34. The van der Waals surface area contributed by atoms with E-state index >= 15 is 0 Å². The molecule has 1 aliphatic rings. The minimum atomic E-state index is 0.392. The van der Waals surface area contributed by atoms with E-state index in [0.717, 1.165) is 31.4 Å². The zero-order chi connectivity index (χ0) is 20.2. The number of aromatic nitrogens is 2. The van der Waals surface area contributed by atoms with Gasteiger partial charge in [-0.15, -0.1) is 0 Å². The molecule has 0 radical (unpaired) electrons. The van der Waals surface area contributed by atoms with Crippen LogP contribution in [-0.4, -0.2) is 23.3 Å². The molecular formula is C23H24N4O2. The highest BCUT2D eigenvalue weighted by Crippen LogP contribution is 2.38. The SMILES string of the molecule is [C-]#[N+]c1cc(-c2nc(-c3cccc4c3CCC4NCCC)no2)ccc1OCC. The Labute approximate surface area is 170 Å². The first-order valence-corrected chi connectivity index (χ1v) is 10.1. The molecule has 1 heterocycles. The Morgan fingerprint density at radius 2 is 2.17 bits per heavy atom. The summed E-state index contributed by atoms with van der Waals surface area (Å²) in [5.41, 5.74) is 4.80. The molecule has 1 atom stereocenters. The molecule has 3 aromatic rings. The number of rotatable bonds is 7. The first-order chi connectivity index (χ1) is 14.2. The third kappa shape index (κ3) is 3.74. The van der Waals surface area contributed by atoms with Crippen molar-refractivity contribution in [3.8, 4) is 28.6 Å². The average molecular weight is 388 g/mol. The van der Waals surface area contributed by atoms with Crippen LogP contribution >= 0.6 is 0 Å². The van der Waals surface area contributed by atoms with Gasteiger partial charge in [0.05, 0.1) is 13.2 Å². The molecule has 2 aromatic carbocycles. The molecule has 0 aliphatic heterocycles. The minimum absolute atomic E-state index is 0.392. The molecule has 4 rings (SSSR count). The Morgan fingerprint density at radius 1 is 1.28 bits per heavy atom. The molecule has 0 saturated heterocycles. The van der Waals surface area contributed by atoms with Gasteiger partial charge in [0.15, 0.2) is 0 Å². The van der Waals surface area contributed by atoms with E-state index in [0.29, 0.717) is 41.4 Å². The molecule has 1 N–H and O–H groups in total. The second-order valence-corrected chi connectivity index (χ2v) is 7.07. The third-order valence-corrected chi connectivity index (χ3v) is 5.20. The van der Waals surface area contributed by atoms with Crippen LogP contribution in [0.15, 0.2) is 40.9 Å². The second kappa shape index (κ2) is 8.46. The topological polar surface area (TPSA) is 64.5 Å². The van der Waals surface area contributed by atoms with Gasteiger partial charge in [-0.3, -0.25) is 0 Å². The Kier molecular flexibility index (Phi) is 5.59.